The zero-order chi connectivity index (χ0) is 19.9. The van der Waals surface area contributed by atoms with E-state index in [9.17, 15) is 18.8 Å². The summed E-state index contributed by atoms with van der Waals surface area (Å²) in [4.78, 5) is 17.0. The van der Waals surface area contributed by atoms with Crippen LogP contribution in [0.15, 0.2) is 70.7 Å². The molecule has 0 aliphatic carbocycles. The summed E-state index contributed by atoms with van der Waals surface area (Å²) in [5.41, 5.74) is 1.46. The Morgan fingerprint density at radius 2 is 1.75 bits per heavy atom. The van der Waals surface area contributed by atoms with Gasteiger partial charge in [0.25, 0.3) is 0 Å². The summed E-state index contributed by atoms with van der Waals surface area (Å²) in [6, 6.07) is 13.1. The van der Waals surface area contributed by atoms with Gasteiger partial charge in [0.1, 0.15) is 17.7 Å². The minimum atomic E-state index is -0.674. The Kier molecular flexibility index (Phi) is 6.19. The van der Waals surface area contributed by atoms with E-state index >= 15 is 0 Å². The molecule has 140 valence electrons. The molecule has 1 aromatic heterocycles. The van der Waals surface area contributed by atoms with Gasteiger partial charge in [-0.25, -0.2) is 13.6 Å². The summed E-state index contributed by atoms with van der Waals surface area (Å²) in [6.45, 7) is 0.315. The van der Waals surface area contributed by atoms with Gasteiger partial charge in [0, 0.05) is 34.8 Å². The number of rotatable bonds is 5. The summed E-state index contributed by atoms with van der Waals surface area (Å²) >= 11 is 1.12. The molecule has 0 radical (unpaired) electrons. The Morgan fingerprint density at radius 3 is 2.43 bits per heavy atom. The van der Waals surface area contributed by atoms with Gasteiger partial charge < -0.3 is 10.6 Å². The van der Waals surface area contributed by atoms with Crippen LogP contribution in [0.2, 0.25) is 0 Å². The van der Waals surface area contributed by atoms with Gasteiger partial charge in [0.2, 0.25) is 0 Å². The number of nitrogens with one attached hydrogen (secondary N) is 2. The maximum absolute atomic E-state index is 13.3. The molecule has 0 aliphatic heterocycles. The third-order valence-electron chi connectivity index (χ3n) is 3.63. The highest BCUT2D eigenvalue weighted by molar-refractivity contribution is 7.99. The van der Waals surface area contributed by atoms with Crippen molar-refractivity contribution in [3.8, 4) is 6.07 Å². The molecule has 2 amide bonds. The Labute approximate surface area is 164 Å². The number of carbonyl (C=O) groups is 1. The summed E-state index contributed by atoms with van der Waals surface area (Å²) in [7, 11) is 0. The van der Waals surface area contributed by atoms with Crippen LogP contribution in [-0.2, 0) is 6.54 Å². The molecule has 0 spiro atoms. The minimum absolute atomic E-state index is 0.237. The number of halogens is 2. The average molecular weight is 396 g/mol. The van der Waals surface area contributed by atoms with Crippen LogP contribution in [-0.4, -0.2) is 11.0 Å². The van der Waals surface area contributed by atoms with Crippen LogP contribution in [0.3, 0.4) is 0 Å². The first-order valence-electron chi connectivity index (χ1n) is 8.15. The number of hydrogen-bond acceptors (Lipinski definition) is 4. The molecule has 0 saturated heterocycles. The quantitative estimate of drug-likeness (QED) is 0.655. The van der Waals surface area contributed by atoms with E-state index in [0.29, 0.717) is 22.0 Å². The lowest BCUT2D eigenvalue weighted by Crippen LogP contribution is -2.28. The SMILES string of the molecule is N#Cc1cc(Sc2cc(F)cc(F)c2)ccc1NC(=O)NCc1ccncc1. The monoisotopic (exact) mass is 396 g/mol. The summed E-state index contributed by atoms with van der Waals surface area (Å²) in [5, 5.41) is 14.7. The van der Waals surface area contributed by atoms with Gasteiger partial charge >= 0.3 is 6.03 Å². The first-order chi connectivity index (χ1) is 13.5. The van der Waals surface area contributed by atoms with Gasteiger partial charge in [-0.2, -0.15) is 5.26 Å². The number of aromatic nitrogens is 1. The van der Waals surface area contributed by atoms with Crippen molar-refractivity contribution in [3.05, 3.63) is 83.7 Å². The normalized spacial score (nSPS) is 10.2. The fourth-order valence-electron chi connectivity index (χ4n) is 2.36. The van der Waals surface area contributed by atoms with E-state index in [2.05, 4.69) is 15.6 Å². The maximum Gasteiger partial charge on any atom is 0.319 e. The van der Waals surface area contributed by atoms with Crippen LogP contribution in [0.1, 0.15) is 11.1 Å². The van der Waals surface area contributed by atoms with Gasteiger partial charge in [-0.15, -0.1) is 0 Å². The standard InChI is InChI=1S/C20H14F2N4OS/c21-15-8-16(22)10-18(9-15)28-17-1-2-19(14(7-17)11-23)26-20(27)25-12-13-3-5-24-6-4-13/h1-10H,12H2,(H2,25,26,27). The fourth-order valence-corrected chi connectivity index (χ4v) is 3.29. The van der Waals surface area contributed by atoms with Gasteiger partial charge in [-0.3, -0.25) is 4.98 Å². The maximum atomic E-state index is 13.3. The molecule has 3 rings (SSSR count). The van der Waals surface area contributed by atoms with Crippen LogP contribution in [0.5, 0.6) is 0 Å². The average Bonchev–Trinajstić information content (AvgIpc) is 2.67. The Balaban J connectivity index is 1.67. The van der Waals surface area contributed by atoms with Crippen LogP contribution in [0.4, 0.5) is 19.3 Å². The van der Waals surface area contributed by atoms with Gasteiger partial charge in [0.15, 0.2) is 0 Å². The number of pyridine rings is 1. The van der Waals surface area contributed by atoms with Gasteiger partial charge in [-0.05, 0) is 48.0 Å². The lowest BCUT2D eigenvalue weighted by molar-refractivity contribution is 0.251. The van der Waals surface area contributed by atoms with Crippen molar-refractivity contribution in [2.75, 3.05) is 5.32 Å². The van der Waals surface area contributed by atoms with E-state index in [1.807, 2.05) is 6.07 Å². The molecule has 1 heterocycles. The zero-order valence-electron chi connectivity index (χ0n) is 14.4. The van der Waals surface area contributed by atoms with Crippen LogP contribution >= 0.6 is 11.8 Å². The predicted molar refractivity (Wildman–Crippen MR) is 102 cm³/mol. The number of nitriles is 1. The molecular formula is C20H14F2N4OS. The van der Waals surface area contributed by atoms with Crippen molar-refractivity contribution in [2.24, 2.45) is 0 Å². The van der Waals surface area contributed by atoms with Crippen molar-refractivity contribution in [1.82, 2.24) is 10.3 Å². The minimum Gasteiger partial charge on any atom is -0.334 e. The molecule has 8 heteroatoms. The fraction of sp³-hybridized carbons (Fsp3) is 0.0500. The molecule has 3 aromatic rings. The third-order valence-corrected chi connectivity index (χ3v) is 4.59. The first kappa shape index (κ1) is 19.3. The number of carbonyl (C=O) groups excluding carboxylic acids is 1. The van der Waals surface area contributed by atoms with Crippen LogP contribution < -0.4 is 10.6 Å². The lowest BCUT2D eigenvalue weighted by atomic mass is 10.2. The van der Waals surface area contributed by atoms with E-state index in [4.69, 9.17) is 0 Å². The van der Waals surface area contributed by atoms with Crippen molar-refractivity contribution in [1.29, 1.82) is 5.26 Å². The Morgan fingerprint density at radius 1 is 1.04 bits per heavy atom. The number of anilines is 1. The molecule has 0 aliphatic rings. The molecule has 28 heavy (non-hydrogen) atoms. The number of amides is 2. The molecule has 0 fully saturated rings. The highest BCUT2D eigenvalue weighted by Gasteiger charge is 2.09. The largest absolute Gasteiger partial charge is 0.334 e. The third kappa shape index (κ3) is 5.28. The lowest BCUT2D eigenvalue weighted by Gasteiger charge is -2.10. The number of nitrogens with zero attached hydrogens (tertiary/aromatic N) is 2. The van der Waals surface area contributed by atoms with Crippen molar-refractivity contribution >= 4 is 23.5 Å². The molecule has 0 bridgehead atoms. The van der Waals surface area contributed by atoms with Gasteiger partial charge in [-0.1, -0.05) is 11.8 Å². The van der Waals surface area contributed by atoms with E-state index in [1.54, 1.807) is 42.7 Å². The van der Waals surface area contributed by atoms with E-state index in [1.165, 1.54) is 12.1 Å². The smallest absolute Gasteiger partial charge is 0.319 e. The van der Waals surface area contributed by atoms with Crippen LogP contribution in [0, 0.1) is 23.0 Å². The Hall–Kier alpha value is -3.44. The van der Waals surface area contributed by atoms with E-state index < -0.39 is 17.7 Å². The second-order valence-corrected chi connectivity index (χ2v) is 6.84. The number of hydrogen-bond donors (Lipinski definition) is 2. The molecular weight excluding hydrogens is 382 g/mol. The van der Waals surface area contributed by atoms with E-state index in [-0.39, 0.29) is 5.56 Å². The van der Waals surface area contributed by atoms with Crippen molar-refractivity contribution in [3.63, 3.8) is 0 Å². The first-order valence-corrected chi connectivity index (χ1v) is 8.97. The van der Waals surface area contributed by atoms with Crippen molar-refractivity contribution < 1.29 is 13.6 Å². The molecule has 2 N–H and O–H groups in total. The second kappa shape index (κ2) is 8.97. The topological polar surface area (TPSA) is 77.8 Å². The zero-order valence-corrected chi connectivity index (χ0v) is 15.3. The summed E-state index contributed by atoms with van der Waals surface area (Å²) < 4.78 is 26.6. The molecule has 5 nitrogen and oxygen atoms in total. The number of urea groups is 1. The highest BCUT2D eigenvalue weighted by Crippen LogP contribution is 2.31. The van der Waals surface area contributed by atoms with Crippen molar-refractivity contribution in [2.45, 2.75) is 16.3 Å². The second-order valence-electron chi connectivity index (χ2n) is 5.69. The summed E-state index contributed by atoms with van der Waals surface area (Å²) in [5.74, 6) is -1.35. The predicted octanol–water partition coefficient (Wildman–Crippen LogP) is 4.70. The molecule has 2 aromatic carbocycles. The molecule has 0 unspecified atom stereocenters. The number of benzene rings is 2. The Bertz CT molecular complexity index is 1020. The molecule has 0 saturated carbocycles. The highest BCUT2D eigenvalue weighted by atomic mass is 32.2. The van der Waals surface area contributed by atoms with E-state index in [0.717, 1.165) is 23.4 Å². The summed E-state index contributed by atoms with van der Waals surface area (Å²) in [6.07, 6.45) is 3.26. The van der Waals surface area contributed by atoms with Crippen LogP contribution in [0.25, 0.3) is 0 Å². The van der Waals surface area contributed by atoms with Gasteiger partial charge in [0.05, 0.1) is 11.3 Å². The molecule has 0 atom stereocenters.